The molecule has 3 heterocycles. The summed E-state index contributed by atoms with van der Waals surface area (Å²) in [6, 6.07) is 12.2. The molecule has 6 nitrogen and oxygen atoms in total. The van der Waals surface area contributed by atoms with Gasteiger partial charge in [0.05, 0.1) is 0 Å². The number of hydrogen-bond acceptors (Lipinski definition) is 5. The number of carbonyl (C=O) groups excluding carboxylic acids is 1. The van der Waals surface area contributed by atoms with Crippen LogP contribution in [0.25, 0.3) is 0 Å². The first-order valence-corrected chi connectivity index (χ1v) is 11.9. The Hall–Kier alpha value is -2.60. The van der Waals surface area contributed by atoms with Gasteiger partial charge in [-0.05, 0) is 79.9 Å². The standard InChI is InChI=1S/C26H33N3O3/c1-19(14-20-5-6-23-24(15-20)32-18-31-23)17-29-12-8-26(9-13-29)16-22(26)25(30)28-11-7-21-4-2-3-10-27-21/h2-6,10,15,19,22H,7-9,11-14,16-18H2,1H3,(H,28,30)/t19-,22+/m1/s1. The zero-order valence-corrected chi connectivity index (χ0v) is 18.9. The van der Waals surface area contributed by atoms with Crippen molar-refractivity contribution in [3.05, 3.63) is 53.9 Å². The van der Waals surface area contributed by atoms with Crippen LogP contribution in [0.3, 0.4) is 0 Å². The predicted molar refractivity (Wildman–Crippen MR) is 123 cm³/mol. The topological polar surface area (TPSA) is 63.7 Å². The third kappa shape index (κ3) is 4.75. The fraction of sp³-hybridized carbons (Fsp3) is 0.538. The normalized spacial score (nSPS) is 22.0. The number of fused-ring (bicyclic) bond motifs is 1. The molecule has 2 aliphatic heterocycles. The molecule has 1 N–H and O–H groups in total. The highest BCUT2D eigenvalue weighted by atomic mass is 16.7. The van der Waals surface area contributed by atoms with Gasteiger partial charge >= 0.3 is 0 Å². The molecule has 2 aromatic rings. The van der Waals surface area contributed by atoms with Gasteiger partial charge in [-0.3, -0.25) is 9.78 Å². The molecule has 1 spiro atoms. The number of amides is 1. The van der Waals surface area contributed by atoms with Crippen LogP contribution in [0.15, 0.2) is 42.6 Å². The highest BCUT2D eigenvalue weighted by molar-refractivity contribution is 5.82. The summed E-state index contributed by atoms with van der Waals surface area (Å²) in [6.45, 7) is 6.63. The van der Waals surface area contributed by atoms with E-state index < -0.39 is 0 Å². The lowest BCUT2D eigenvalue weighted by atomic mass is 9.89. The van der Waals surface area contributed by atoms with E-state index in [1.165, 1.54) is 5.56 Å². The number of nitrogens with one attached hydrogen (secondary N) is 1. The molecule has 3 aliphatic rings. The van der Waals surface area contributed by atoms with Crippen molar-refractivity contribution >= 4 is 5.91 Å². The van der Waals surface area contributed by atoms with Crippen molar-refractivity contribution in [1.82, 2.24) is 15.2 Å². The van der Waals surface area contributed by atoms with Crippen LogP contribution < -0.4 is 14.8 Å². The van der Waals surface area contributed by atoms with Crippen LogP contribution in [0.4, 0.5) is 0 Å². The molecule has 5 rings (SSSR count). The molecule has 0 bridgehead atoms. The molecule has 32 heavy (non-hydrogen) atoms. The Morgan fingerprint density at radius 1 is 1.22 bits per heavy atom. The Morgan fingerprint density at radius 2 is 2.06 bits per heavy atom. The highest BCUT2D eigenvalue weighted by Gasteiger charge is 2.58. The molecule has 1 aromatic carbocycles. The number of benzene rings is 1. The molecule has 1 amide bonds. The summed E-state index contributed by atoms with van der Waals surface area (Å²) in [6.07, 6.45) is 6.98. The molecule has 1 aliphatic carbocycles. The van der Waals surface area contributed by atoms with Gasteiger partial charge < -0.3 is 19.7 Å². The van der Waals surface area contributed by atoms with Crippen molar-refractivity contribution in [2.45, 2.75) is 39.0 Å². The summed E-state index contributed by atoms with van der Waals surface area (Å²) in [4.78, 5) is 19.6. The van der Waals surface area contributed by atoms with Crippen molar-refractivity contribution in [2.24, 2.45) is 17.3 Å². The zero-order valence-electron chi connectivity index (χ0n) is 18.9. The van der Waals surface area contributed by atoms with Crippen molar-refractivity contribution in [3.8, 4) is 11.5 Å². The van der Waals surface area contributed by atoms with Crippen LogP contribution in [-0.2, 0) is 17.6 Å². The predicted octanol–water partition coefficient (Wildman–Crippen LogP) is 3.45. The summed E-state index contributed by atoms with van der Waals surface area (Å²) in [7, 11) is 0. The second-order valence-corrected chi connectivity index (χ2v) is 9.78. The van der Waals surface area contributed by atoms with Crippen LogP contribution in [0.5, 0.6) is 11.5 Å². The Morgan fingerprint density at radius 3 is 2.88 bits per heavy atom. The lowest BCUT2D eigenvalue weighted by molar-refractivity contribution is -0.123. The van der Waals surface area contributed by atoms with Gasteiger partial charge in [-0.25, -0.2) is 0 Å². The minimum atomic E-state index is 0.208. The third-order valence-corrected chi connectivity index (χ3v) is 7.36. The summed E-state index contributed by atoms with van der Waals surface area (Å²) < 4.78 is 10.9. The molecule has 1 saturated heterocycles. The number of ether oxygens (including phenoxy) is 2. The molecule has 6 heteroatoms. The fourth-order valence-electron chi connectivity index (χ4n) is 5.41. The maximum absolute atomic E-state index is 12.6. The van der Waals surface area contributed by atoms with Crippen LogP contribution in [0, 0.1) is 17.3 Å². The molecule has 170 valence electrons. The highest BCUT2D eigenvalue weighted by Crippen LogP contribution is 2.59. The van der Waals surface area contributed by atoms with Crippen molar-refractivity contribution in [1.29, 1.82) is 0 Å². The van der Waals surface area contributed by atoms with Gasteiger partial charge in [-0.1, -0.05) is 19.1 Å². The molecule has 2 fully saturated rings. The second kappa shape index (κ2) is 9.10. The van der Waals surface area contributed by atoms with E-state index in [2.05, 4.69) is 34.3 Å². The number of aromatic nitrogens is 1. The van der Waals surface area contributed by atoms with Gasteiger partial charge in [0, 0.05) is 37.3 Å². The SMILES string of the molecule is C[C@H](Cc1ccc2c(c1)OCO2)CN1CCC2(CC1)C[C@H]2C(=O)NCCc1ccccn1. The minimum Gasteiger partial charge on any atom is -0.454 e. The fourth-order valence-corrected chi connectivity index (χ4v) is 5.41. The zero-order chi connectivity index (χ0) is 22.0. The number of likely N-dealkylation sites (tertiary alicyclic amines) is 1. The first-order chi connectivity index (χ1) is 15.6. The van der Waals surface area contributed by atoms with Crippen LogP contribution in [0.2, 0.25) is 0 Å². The van der Waals surface area contributed by atoms with Crippen LogP contribution in [0.1, 0.15) is 37.4 Å². The maximum Gasteiger partial charge on any atom is 0.231 e. The Labute approximate surface area is 190 Å². The van der Waals surface area contributed by atoms with E-state index in [4.69, 9.17) is 9.47 Å². The smallest absolute Gasteiger partial charge is 0.231 e. The summed E-state index contributed by atoms with van der Waals surface area (Å²) in [5.41, 5.74) is 2.59. The second-order valence-electron chi connectivity index (χ2n) is 9.78. The van der Waals surface area contributed by atoms with Crippen molar-refractivity contribution in [3.63, 3.8) is 0 Å². The minimum absolute atomic E-state index is 0.208. The number of hydrogen-bond donors (Lipinski definition) is 1. The maximum atomic E-state index is 12.6. The van der Waals surface area contributed by atoms with E-state index in [0.29, 0.717) is 19.3 Å². The van der Waals surface area contributed by atoms with E-state index in [1.54, 1.807) is 6.20 Å². The first kappa shape index (κ1) is 21.3. The Bertz CT molecular complexity index is 941. The first-order valence-electron chi connectivity index (χ1n) is 11.9. The number of piperidine rings is 1. The van der Waals surface area contributed by atoms with Gasteiger partial charge in [0.25, 0.3) is 0 Å². The van der Waals surface area contributed by atoms with Gasteiger partial charge in [0.15, 0.2) is 11.5 Å². The molecule has 1 saturated carbocycles. The Balaban J connectivity index is 1.03. The molecule has 1 aromatic heterocycles. The van der Waals surface area contributed by atoms with Gasteiger partial charge in [0.1, 0.15) is 0 Å². The van der Waals surface area contributed by atoms with E-state index in [0.717, 1.165) is 68.9 Å². The van der Waals surface area contributed by atoms with Gasteiger partial charge in [0.2, 0.25) is 12.7 Å². The third-order valence-electron chi connectivity index (χ3n) is 7.36. The average molecular weight is 436 g/mol. The van der Waals surface area contributed by atoms with E-state index >= 15 is 0 Å². The number of carbonyl (C=O) groups is 1. The molecule has 2 atom stereocenters. The Kier molecular flexibility index (Phi) is 6.05. The van der Waals surface area contributed by atoms with Crippen molar-refractivity contribution in [2.75, 3.05) is 33.0 Å². The van der Waals surface area contributed by atoms with Gasteiger partial charge in [-0.2, -0.15) is 0 Å². The summed E-state index contributed by atoms with van der Waals surface area (Å²) >= 11 is 0. The summed E-state index contributed by atoms with van der Waals surface area (Å²) in [5, 5.41) is 3.14. The molecular weight excluding hydrogens is 402 g/mol. The lowest BCUT2D eigenvalue weighted by Gasteiger charge is -2.34. The number of nitrogens with zero attached hydrogens (tertiary/aromatic N) is 2. The van der Waals surface area contributed by atoms with Gasteiger partial charge in [-0.15, -0.1) is 0 Å². The average Bonchev–Trinajstić information content (AvgIpc) is 3.29. The van der Waals surface area contributed by atoms with Crippen LogP contribution in [-0.4, -0.2) is 48.8 Å². The lowest BCUT2D eigenvalue weighted by Crippen LogP contribution is -2.39. The summed E-state index contributed by atoms with van der Waals surface area (Å²) in [5.74, 6) is 2.74. The largest absolute Gasteiger partial charge is 0.454 e. The quantitative estimate of drug-likeness (QED) is 0.688. The molecular formula is C26H33N3O3. The van der Waals surface area contributed by atoms with E-state index in [-0.39, 0.29) is 17.2 Å². The molecule has 0 unspecified atom stereocenters. The monoisotopic (exact) mass is 435 g/mol. The van der Waals surface area contributed by atoms with E-state index in [1.807, 2.05) is 24.3 Å². The molecule has 0 radical (unpaired) electrons. The van der Waals surface area contributed by atoms with E-state index in [9.17, 15) is 4.79 Å². The van der Waals surface area contributed by atoms with Crippen LogP contribution >= 0.6 is 0 Å². The number of pyridine rings is 1. The number of rotatable bonds is 8. The van der Waals surface area contributed by atoms with Crippen molar-refractivity contribution < 1.29 is 14.3 Å².